The molecule has 2 aromatic rings. The molecule has 2 amide bonds. The summed E-state index contributed by atoms with van der Waals surface area (Å²) in [6, 6.07) is 6.83. The third-order valence-electron chi connectivity index (χ3n) is 2.17. The maximum atomic E-state index is 11.7. The number of carbonyl (C=O) groups is 1. The second-order valence-corrected chi connectivity index (χ2v) is 4.82. The molecule has 0 radical (unpaired) electrons. The lowest BCUT2D eigenvalue weighted by molar-refractivity contribution is 0.262. The Kier molecular flexibility index (Phi) is 3.78. The van der Waals surface area contributed by atoms with Crippen molar-refractivity contribution in [1.29, 1.82) is 0 Å². The minimum atomic E-state index is -0.322. The van der Waals surface area contributed by atoms with Crippen molar-refractivity contribution in [2.75, 3.05) is 17.7 Å². The molecule has 0 atom stereocenters. The number of aromatic nitrogens is 1. The van der Waals surface area contributed by atoms with Crippen molar-refractivity contribution in [1.82, 2.24) is 4.98 Å². The first-order valence-electron chi connectivity index (χ1n) is 5.32. The second-order valence-electron chi connectivity index (χ2n) is 3.59. The monoisotopic (exact) mass is 263 g/mol. The first kappa shape index (κ1) is 12.4. The number of hydrogen-bond donors (Lipinski definition) is 2. The number of anilines is 2. The van der Waals surface area contributed by atoms with Crippen LogP contribution in [0.15, 0.2) is 30.5 Å². The number of urea groups is 1. The number of aryl methyl sites for hydroxylation is 1. The lowest BCUT2D eigenvalue weighted by Crippen LogP contribution is -2.19. The summed E-state index contributed by atoms with van der Waals surface area (Å²) in [6.07, 6.45) is 1.71. The van der Waals surface area contributed by atoms with E-state index in [1.165, 1.54) is 11.3 Å². The van der Waals surface area contributed by atoms with Crippen LogP contribution in [-0.2, 0) is 0 Å². The maximum Gasteiger partial charge on any atom is 0.325 e. The zero-order valence-corrected chi connectivity index (χ0v) is 10.9. The summed E-state index contributed by atoms with van der Waals surface area (Å²) in [5.41, 5.74) is 0.667. The molecular formula is C12H13N3O2S. The molecule has 0 aliphatic rings. The van der Waals surface area contributed by atoms with Crippen LogP contribution < -0.4 is 15.4 Å². The molecule has 1 heterocycles. The van der Waals surface area contributed by atoms with Crippen molar-refractivity contribution in [3.63, 3.8) is 0 Å². The Hall–Kier alpha value is -2.08. The summed E-state index contributed by atoms with van der Waals surface area (Å²) in [7, 11) is 1.58. The number of hydrogen-bond acceptors (Lipinski definition) is 4. The van der Waals surface area contributed by atoms with Gasteiger partial charge < -0.3 is 10.1 Å². The number of rotatable bonds is 3. The fourth-order valence-electron chi connectivity index (χ4n) is 1.37. The van der Waals surface area contributed by atoms with Gasteiger partial charge in [0.05, 0.1) is 7.11 Å². The van der Waals surface area contributed by atoms with E-state index in [0.717, 1.165) is 4.88 Å². The SMILES string of the molecule is COc1cccc(NC(=O)Nc2ncc(C)s2)c1. The number of amides is 2. The minimum Gasteiger partial charge on any atom is -0.497 e. The van der Waals surface area contributed by atoms with E-state index in [-0.39, 0.29) is 6.03 Å². The van der Waals surface area contributed by atoms with Crippen LogP contribution in [0.2, 0.25) is 0 Å². The van der Waals surface area contributed by atoms with Crippen LogP contribution >= 0.6 is 11.3 Å². The number of nitrogens with one attached hydrogen (secondary N) is 2. The largest absolute Gasteiger partial charge is 0.497 e. The van der Waals surface area contributed by atoms with Crippen molar-refractivity contribution in [3.05, 3.63) is 35.3 Å². The molecule has 0 aliphatic carbocycles. The molecule has 2 rings (SSSR count). The summed E-state index contributed by atoms with van der Waals surface area (Å²) in [4.78, 5) is 16.8. The summed E-state index contributed by atoms with van der Waals surface area (Å²) >= 11 is 1.43. The highest BCUT2D eigenvalue weighted by molar-refractivity contribution is 7.15. The van der Waals surface area contributed by atoms with Gasteiger partial charge in [-0.1, -0.05) is 6.07 Å². The first-order valence-corrected chi connectivity index (χ1v) is 6.13. The van der Waals surface area contributed by atoms with Gasteiger partial charge in [0.25, 0.3) is 0 Å². The van der Waals surface area contributed by atoms with Crippen molar-refractivity contribution in [2.24, 2.45) is 0 Å². The summed E-state index contributed by atoms with van der Waals surface area (Å²) in [5.74, 6) is 0.692. The van der Waals surface area contributed by atoms with E-state index in [1.54, 1.807) is 25.4 Å². The van der Waals surface area contributed by atoms with Crippen LogP contribution in [0.3, 0.4) is 0 Å². The average Bonchev–Trinajstić information content (AvgIpc) is 2.74. The van der Waals surface area contributed by atoms with Gasteiger partial charge in [0.2, 0.25) is 0 Å². The predicted molar refractivity (Wildman–Crippen MR) is 72.5 cm³/mol. The van der Waals surface area contributed by atoms with Crippen LogP contribution in [0.25, 0.3) is 0 Å². The van der Waals surface area contributed by atoms with Crippen LogP contribution in [0.1, 0.15) is 4.88 Å². The highest BCUT2D eigenvalue weighted by Crippen LogP contribution is 2.19. The number of thiazole rings is 1. The van der Waals surface area contributed by atoms with Crippen molar-refractivity contribution in [3.8, 4) is 5.75 Å². The molecule has 94 valence electrons. The number of methoxy groups -OCH3 is 1. The molecule has 0 spiro atoms. The van der Waals surface area contributed by atoms with Crippen molar-refractivity contribution in [2.45, 2.75) is 6.92 Å². The number of benzene rings is 1. The van der Waals surface area contributed by atoms with Crippen LogP contribution in [-0.4, -0.2) is 18.1 Å². The van der Waals surface area contributed by atoms with E-state index < -0.39 is 0 Å². The topological polar surface area (TPSA) is 63.2 Å². The van der Waals surface area contributed by atoms with Crippen molar-refractivity contribution < 1.29 is 9.53 Å². The highest BCUT2D eigenvalue weighted by atomic mass is 32.1. The summed E-state index contributed by atoms with van der Waals surface area (Å²) in [5, 5.41) is 5.95. The van der Waals surface area contributed by atoms with E-state index in [2.05, 4.69) is 15.6 Å². The number of carbonyl (C=O) groups excluding carboxylic acids is 1. The van der Waals surface area contributed by atoms with Gasteiger partial charge in [-0.2, -0.15) is 0 Å². The van der Waals surface area contributed by atoms with E-state index in [0.29, 0.717) is 16.6 Å². The van der Waals surface area contributed by atoms with E-state index in [4.69, 9.17) is 4.74 Å². The Bertz CT molecular complexity index is 554. The van der Waals surface area contributed by atoms with E-state index in [9.17, 15) is 4.79 Å². The number of ether oxygens (including phenoxy) is 1. The molecule has 0 saturated heterocycles. The standard InChI is InChI=1S/C12H13N3O2S/c1-8-7-13-12(18-8)15-11(16)14-9-4-3-5-10(6-9)17-2/h3-7H,1-2H3,(H2,13,14,15,16). The average molecular weight is 263 g/mol. The quantitative estimate of drug-likeness (QED) is 0.894. The van der Waals surface area contributed by atoms with Gasteiger partial charge in [-0.15, -0.1) is 11.3 Å². The molecule has 5 nitrogen and oxygen atoms in total. The minimum absolute atomic E-state index is 0.322. The van der Waals surface area contributed by atoms with Gasteiger partial charge in [0.15, 0.2) is 5.13 Å². The Balaban J connectivity index is 1.98. The molecular weight excluding hydrogens is 250 g/mol. The first-order chi connectivity index (χ1) is 8.67. The molecule has 0 fully saturated rings. The lowest BCUT2D eigenvalue weighted by atomic mass is 10.3. The van der Waals surface area contributed by atoms with Gasteiger partial charge in [-0.3, -0.25) is 5.32 Å². The second kappa shape index (κ2) is 5.50. The molecule has 2 N–H and O–H groups in total. The molecule has 0 bridgehead atoms. The predicted octanol–water partition coefficient (Wildman–Crippen LogP) is 3.10. The van der Waals surface area contributed by atoms with Gasteiger partial charge in [0.1, 0.15) is 5.75 Å². The highest BCUT2D eigenvalue weighted by Gasteiger charge is 2.05. The fraction of sp³-hybridized carbons (Fsp3) is 0.167. The molecule has 0 aliphatic heterocycles. The zero-order chi connectivity index (χ0) is 13.0. The molecule has 1 aromatic heterocycles. The summed E-state index contributed by atoms with van der Waals surface area (Å²) < 4.78 is 5.08. The molecule has 1 aromatic carbocycles. The molecule has 6 heteroatoms. The third kappa shape index (κ3) is 3.21. The van der Waals surface area contributed by atoms with Gasteiger partial charge in [0, 0.05) is 22.8 Å². The number of nitrogens with zero attached hydrogens (tertiary/aromatic N) is 1. The van der Waals surface area contributed by atoms with Crippen molar-refractivity contribution >= 4 is 28.2 Å². The van der Waals surface area contributed by atoms with E-state index >= 15 is 0 Å². The Morgan fingerprint density at radius 1 is 1.39 bits per heavy atom. The van der Waals surface area contributed by atoms with Gasteiger partial charge in [-0.25, -0.2) is 9.78 Å². The maximum absolute atomic E-state index is 11.7. The Morgan fingerprint density at radius 3 is 2.89 bits per heavy atom. The van der Waals surface area contributed by atoms with E-state index in [1.807, 2.05) is 19.1 Å². The molecule has 0 saturated carbocycles. The smallest absolute Gasteiger partial charge is 0.325 e. The Labute approximate surface area is 109 Å². The van der Waals surface area contributed by atoms with Gasteiger partial charge in [-0.05, 0) is 19.1 Å². The normalized spacial score (nSPS) is 9.89. The van der Waals surface area contributed by atoms with Crippen LogP contribution in [0.4, 0.5) is 15.6 Å². The van der Waals surface area contributed by atoms with Crippen LogP contribution in [0.5, 0.6) is 5.75 Å². The lowest BCUT2D eigenvalue weighted by Gasteiger charge is -2.06. The fourth-order valence-corrected chi connectivity index (χ4v) is 2.03. The van der Waals surface area contributed by atoms with Crippen LogP contribution in [0, 0.1) is 6.92 Å². The summed E-state index contributed by atoms with van der Waals surface area (Å²) in [6.45, 7) is 1.93. The van der Waals surface area contributed by atoms with Gasteiger partial charge >= 0.3 is 6.03 Å². The molecule has 18 heavy (non-hydrogen) atoms. The Morgan fingerprint density at radius 2 is 2.22 bits per heavy atom. The zero-order valence-electron chi connectivity index (χ0n) is 10.1. The molecule has 0 unspecified atom stereocenters. The third-order valence-corrected chi connectivity index (χ3v) is 3.00.